The smallest absolute Gasteiger partial charge is 0.276 e. The summed E-state index contributed by atoms with van der Waals surface area (Å²) in [5.41, 5.74) is -0.629. The van der Waals surface area contributed by atoms with Crippen molar-refractivity contribution >= 4 is 5.91 Å². The molecule has 4 heteroatoms. The first-order valence-corrected chi connectivity index (χ1v) is 6.20. The van der Waals surface area contributed by atoms with Crippen LogP contribution < -0.4 is 10.2 Å². The number of hydrogen-bond acceptors (Lipinski definition) is 2. The van der Waals surface area contributed by atoms with Gasteiger partial charge in [-0.15, -0.1) is 0 Å². The highest BCUT2D eigenvalue weighted by atomic mass is 16.2. The number of nitrogens with zero attached hydrogens (tertiary/aromatic N) is 1. The molecular weight excluding hydrogens is 202 g/mol. The maximum absolute atomic E-state index is 11.8. The molecule has 2 fully saturated rings. The second kappa shape index (κ2) is 4.42. The Morgan fingerprint density at radius 3 is 2.62 bits per heavy atom. The van der Waals surface area contributed by atoms with E-state index in [9.17, 15) is 4.79 Å². The van der Waals surface area contributed by atoms with Crippen LogP contribution in [0.2, 0.25) is 0 Å². The van der Waals surface area contributed by atoms with Crippen LogP contribution in [0.15, 0.2) is 0 Å². The van der Waals surface area contributed by atoms with E-state index in [1.807, 2.05) is 6.92 Å². The summed E-state index contributed by atoms with van der Waals surface area (Å²) in [5.74, 6) is 0.405. The zero-order valence-corrected chi connectivity index (χ0v) is 9.88. The molecule has 2 N–H and O–H groups in total. The van der Waals surface area contributed by atoms with Crippen molar-refractivity contribution in [1.82, 2.24) is 5.32 Å². The molecule has 1 saturated carbocycles. The van der Waals surface area contributed by atoms with Crippen molar-refractivity contribution in [3.63, 3.8) is 0 Å². The maximum Gasteiger partial charge on any atom is 0.276 e. The predicted molar refractivity (Wildman–Crippen MR) is 59.7 cm³/mol. The number of carbonyl (C=O) groups is 1. The first-order chi connectivity index (χ1) is 7.64. The van der Waals surface area contributed by atoms with Gasteiger partial charge in [-0.1, -0.05) is 0 Å². The summed E-state index contributed by atoms with van der Waals surface area (Å²) in [6.07, 6.45) is 4.59. The molecule has 0 aromatic rings. The van der Waals surface area contributed by atoms with Gasteiger partial charge in [0.05, 0.1) is 19.2 Å². The lowest BCUT2D eigenvalue weighted by Crippen LogP contribution is -3.11. The van der Waals surface area contributed by atoms with Gasteiger partial charge in [0.2, 0.25) is 0 Å². The van der Waals surface area contributed by atoms with E-state index in [0.717, 1.165) is 25.9 Å². The van der Waals surface area contributed by atoms with E-state index in [0.29, 0.717) is 12.5 Å². The van der Waals surface area contributed by atoms with E-state index in [1.165, 1.54) is 17.7 Å². The number of nitriles is 1. The molecule has 4 nitrogen and oxygen atoms in total. The quantitative estimate of drug-likeness (QED) is 0.672. The van der Waals surface area contributed by atoms with Crippen molar-refractivity contribution in [2.24, 2.45) is 5.92 Å². The molecule has 0 aromatic heterocycles. The van der Waals surface area contributed by atoms with Gasteiger partial charge in [-0.25, -0.2) is 0 Å². The van der Waals surface area contributed by atoms with Crippen LogP contribution in [0.4, 0.5) is 0 Å². The highest BCUT2D eigenvalue weighted by Gasteiger charge is 2.43. The lowest BCUT2D eigenvalue weighted by atomic mass is 9.98. The first kappa shape index (κ1) is 11.4. The molecule has 1 aliphatic heterocycles. The van der Waals surface area contributed by atoms with Crippen LogP contribution in [0.25, 0.3) is 0 Å². The molecule has 16 heavy (non-hydrogen) atoms. The Kier molecular flexibility index (Phi) is 3.15. The van der Waals surface area contributed by atoms with Crippen LogP contribution in [0, 0.1) is 17.2 Å². The Hall–Kier alpha value is -1.08. The lowest BCUT2D eigenvalue weighted by molar-refractivity contribution is -0.879. The highest BCUT2D eigenvalue weighted by molar-refractivity contribution is 5.78. The third-order valence-corrected chi connectivity index (χ3v) is 3.75. The molecule has 0 spiro atoms. The molecular formula is C12H20N3O+. The van der Waals surface area contributed by atoms with Gasteiger partial charge in [-0.05, 0) is 25.7 Å². The summed E-state index contributed by atoms with van der Waals surface area (Å²) in [6, 6.07) is 2.25. The number of amides is 1. The summed E-state index contributed by atoms with van der Waals surface area (Å²) < 4.78 is 0. The normalized spacial score (nSPS) is 24.8. The van der Waals surface area contributed by atoms with E-state index in [1.54, 1.807) is 0 Å². The Morgan fingerprint density at radius 2 is 2.12 bits per heavy atom. The van der Waals surface area contributed by atoms with Crippen LogP contribution in [-0.4, -0.2) is 31.1 Å². The van der Waals surface area contributed by atoms with Gasteiger partial charge in [-0.2, -0.15) is 5.26 Å². The van der Waals surface area contributed by atoms with E-state index in [2.05, 4.69) is 11.4 Å². The van der Waals surface area contributed by atoms with E-state index in [-0.39, 0.29) is 5.91 Å². The Morgan fingerprint density at radius 1 is 1.50 bits per heavy atom. The second-order valence-electron chi connectivity index (χ2n) is 5.27. The van der Waals surface area contributed by atoms with E-state index < -0.39 is 5.54 Å². The average Bonchev–Trinajstić information content (AvgIpc) is 3.00. The summed E-state index contributed by atoms with van der Waals surface area (Å²) in [6.45, 7) is 4.58. The van der Waals surface area contributed by atoms with Crippen LogP contribution >= 0.6 is 0 Å². The summed E-state index contributed by atoms with van der Waals surface area (Å²) in [4.78, 5) is 13.2. The molecule has 0 aromatic carbocycles. The largest absolute Gasteiger partial charge is 0.333 e. The molecule has 1 heterocycles. The van der Waals surface area contributed by atoms with Gasteiger partial charge in [0, 0.05) is 12.8 Å². The molecule has 1 amide bonds. The molecule has 2 rings (SSSR count). The molecule has 0 radical (unpaired) electrons. The van der Waals surface area contributed by atoms with Crippen molar-refractivity contribution in [2.45, 2.75) is 38.1 Å². The summed E-state index contributed by atoms with van der Waals surface area (Å²) in [7, 11) is 0. The number of carbonyl (C=O) groups excluding carboxylic acids is 1. The zero-order valence-electron chi connectivity index (χ0n) is 9.88. The molecule has 2 aliphatic rings. The van der Waals surface area contributed by atoms with Crippen molar-refractivity contribution in [3.05, 3.63) is 0 Å². The number of likely N-dealkylation sites (tertiary alicyclic amines) is 1. The molecule has 1 atom stereocenters. The van der Waals surface area contributed by atoms with Gasteiger partial charge >= 0.3 is 0 Å². The molecule has 88 valence electrons. The molecule has 0 bridgehead atoms. The summed E-state index contributed by atoms with van der Waals surface area (Å²) in [5, 5.41) is 12.0. The monoisotopic (exact) mass is 222 g/mol. The standard InChI is InChI=1S/C12H19N3O/c1-12(9-13,10-4-5-10)14-11(16)8-15-6-2-3-7-15/h10H,2-8H2,1H3,(H,14,16)/p+1/t12-/m1/s1. The molecule has 1 aliphatic carbocycles. The van der Waals surface area contributed by atoms with E-state index in [4.69, 9.17) is 5.26 Å². The maximum atomic E-state index is 11.8. The fourth-order valence-electron chi connectivity index (χ4n) is 2.49. The number of hydrogen-bond donors (Lipinski definition) is 2. The Bertz CT molecular complexity index is 313. The molecule has 0 unspecified atom stereocenters. The van der Waals surface area contributed by atoms with Gasteiger partial charge in [0.25, 0.3) is 5.91 Å². The molecule has 1 saturated heterocycles. The number of quaternary nitrogens is 1. The third kappa shape index (κ3) is 2.53. The minimum absolute atomic E-state index is 0.0350. The average molecular weight is 222 g/mol. The number of nitrogens with one attached hydrogen (secondary N) is 2. The zero-order chi connectivity index (χ0) is 11.6. The van der Waals surface area contributed by atoms with Gasteiger partial charge in [-0.3, -0.25) is 4.79 Å². The second-order valence-corrected chi connectivity index (χ2v) is 5.27. The number of rotatable bonds is 4. The minimum atomic E-state index is -0.629. The van der Waals surface area contributed by atoms with Crippen molar-refractivity contribution < 1.29 is 9.69 Å². The van der Waals surface area contributed by atoms with Gasteiger partial charge < -0.3 is 10.2 Å². The van der Waals surface area contributed by atoms with Crippen molar-refractivity contribution in [3.8, 4) is 6.07 Å². The van der Waals surface area contributed by atoms with Crippen molar-refractivity contribution in [1.29, 1.82) is 5.26 Å². The van der Waals surface area contributed by atoms with Crippen molar-refractivity contribution in [2.75, 3.05) is 19.6 Å². The van der Waals surface area contributed by atoms with Crippen LogP contribution in [0.5, 0.6) is 0 Å². The van der Waals surface area contributed by atoms with Crippen LogP contribution in [0.3, 0.4) is 0 Å². The van der Waals surface area contributed by atoms with Crippen LogP contribution in [0.1, 0.15) is 32.6 Å². The van der Waals surface area contributed by atoms with Gasteiger partial charge in [0.1, 0.15) is 5.54 Å². The summed E-state index contributed by atoms with van der Waals surface area (Å²) >= 11 is 0. The Balaban J connectivity index is 1.83. The third-order valence-electron chi connectivity index (χ3n) is 3.75. The fourth-order valence-corrected chi connectivity index (χ4v) is 2.49. The van der Waals surface area contributed by atoms with Crippen LogP contribution in [-0.2, 0) is 4.79 Å². The first-order valence-electron chi connectivity index (χ1n) is 6.20. The lowest BCUT2D eigenvalue weighted by Gasteiger charge is -2.23. The SMILES string of the molecule is C[C@](C#N)(NC(=O)C[NH+]1CCCC1)C1CC1. The minimum Gasteiger partial charge on any atom is -0.333 e. The van der Waals surface area contributed by atoms with E-state index >= 15 is 0 Å². The topological polar surface area (TPSA) is 57.3 Å². The predicted octanol–water partition coefficient (Wildman–Crippen LogP) is -0.526. The fraction of sp³-hybridized carbons (Fsp3) is 0.833. The Labute approximate surface area is 96.6 Å². The highest BCUT2D eigenvalue weighted by Crippen LogP contribution is 2.38. The van der Waals surface area contributed by atoms with Gasteiger partial charge in [0.15, 0.2) is 6.54 Å².